The third-order valence-electron chi connectivity index (χ3n) is 8.72. The van der Waals surface area contributed by atoms with E-state index >= 15 is 0 Å². The van der Waals surface area contributed by atoms with Gasteiger partial charge in [0.2, 0.25) is 18.1 Å². The van der Waals surface area contributed by atoms with Gasteiger partial charge in [-0.2, -0.15) is 0 Å². The number of aryl methyl sites for hydroxylation is 1. The number of fused-ring (bicyclic) bond motifs is 2. The molecule has 4 aliphatic heterocycles. The highest BCUT2D eigenvalue weighted by atomic mass is 16.8. The molecule has 6 atom stereocenters. The number of esters is 1. The molecule has 7 rings (SSSR count). The molecule has 0 aromatic heterocycles. The topological polar surface area (TPSA) is 94.6 Å². The monoisotopic (exact) mass is 594 g/mol. The molecule has 0 radical (unpaired) electrons. The van der Waals surface area contributed by atoms with Gasteiger partial charge in [0.05, 0.1) is 23.6 Å². The molecule has 9 heteroatoms. The van der Waals surface area contributed by atoms with Crippen LogP contribution in [0.2, 0.25) is 0 Å². The van der Waals surface area contributed by atoms with Crippen LogP contribution < -0.4 is 4.90 Å². The minimum absolute atomic E-state index is 0.0430. The van der Waals surface area contributed by atoms with E-state index in [1.807, 2.05) is 105 Å². The lowest BCUT2D eigenvalue weighted by atomic mass is 9.88. The first-order valence-electron chi connectivity index (χ1n) is 14.9. The summed E-state index contributed by atoms with van der Waals surface area (Å²) >= 11 is 0. The number of ether oxygens (including phenoxy) is 4. The summed E-state index contributed by atoms with van der Waals surface area (Å²) in [5.74, 6) is -3.63. The Labute approximate surface area is 255 Å². The van der Waals surface area contributed by atoms with Crippen LogP contribution in [-0.2, 0) is 46.5 Å². The highest BCUT2D eigenvalue weighted by Crippen LogP contribution is 2.50. The molecule has 0 unspecified atom stereocenters. The van der Waals surface area contributed by atoms with Gasteiger partial charge in [-0.15, -0.1) is 0 Å². The molecular weight excluding hydrogens is 560 g/mol. The summed E-state index contributed by atoms with van der Waals surface area (Å²) in [5.41, 5.74) is 3.21. The summed E-state index contributed by atoms with van der Waals surface area (Å²) in [6.07, 6.45) is 0.645. The van der Waals surface area contributed by atoms with Crippen molar-refractivity contribution in [3.05, 3.63) is 113 Å². The van der Waals surface area contributed by atoms with Gasteiger partial charge in [-0.05, 0) is 50.1 Å². The summed E-state index contributed by atoms with van der Waals surface area (Å²) in [4.78, 5) is 45.8. The van der Waals surface area contributed by atoms with Crippen LogP contribution in [0.5, 0.6) is 0 Å². The molecule has 0 saturated carbocycles. The first kappa shape index (κ1) is 28.5. The Balaban J connectivity index is 1.30. The number of rotatable bonds is 7. The molecule has 3 aromatic carbocycles. The number of hydrogen-bond acceptors (Lipinski definition) is 8. The molecule has 2 amide bonds. The summed E-state index contributed by atoms with van der Waals surface area (Å²) in [6.45, 7) is 5.90. The molecule has 0 aliphatic carbocycles. The quantitative estimate of drug-likeness (QED) is 0.292. The molecule has 44 heavy (non-hydrogen) atoms. The van der Waals surface area contributed by atoms with E-state index in [4.69, 9.17) is 18.9 Å². The average Bonchev–Trinajstić information content (AvgIpc) is 3.69. The molecule has 3 saturated heterocycles. The van der Waals surface area contributed by atoms with E-state index in [9.17, 15) is 14.4 Å². The second-order valence-electron chi connectivity index (χ2n) is 12.2. The van der Waals surface area contributed by atoms with Gasteiger partial charge in [-0.25, -0.2) is 4.90 Å². The first-order chi connectivity index (χ1) is 21.2. The molecule has 9 nitrogen and oxygen atoms in total. The number of benzene rings is 3. The molecule has 4 aliphatic rings. The van der Waals surface area contributed by atoms with Crippen molar-refractivity contribution in [3.63, 3.8) is 0 Å². The zero-order valence-corrected chi connectivity index (χ0v) is 24.8. The Bertz CT molecular complexity index is 1600. The molecule has 3 fully saturated rings. The fourth-order valence-corrected chi connectivity index (χ4v) is 6.80. The van der Waals surface area contributed by atoms with E-state index in [-0.39, 0.29) is 19.1 Å². The second kappa shape index (κ2) is 11.0. The summed E-state index contributed by atoms with van der Waals surface area (Å²) < 4.78 is 24.2. The van der Waals surface area contributed by atoms with Crippen LogP contribution in [0.25, 0.3) is 0 Å². The van der Waals surface area contributed by atoms with E-state index in [0.717, 1.165) is 16.7 Å². The molecular formula is C35H34N2O7. The molecule has 4 heterocycles. The maximum absolute atomic E-state index is 14.3. The van der Waals surface area contributed by atoms with Crippen molar-refractivity contribution in [3.8, 4) is 0 Å². The van der Waals surface area contributed by atoms with Crippen LogP contribution in [0.1, 0.15) is 30.5 Å². The lowest BCUT2D eigenvalue weighted by Crippen LogP contribution is -2.49. The Morgan fingerprint density at radius 3 is 2.14 bits per heavy atom. The molecule has 3 aromatic rings. The highest BCUT2D eigenvalue weighted by molar-refractivity contribution is 6.23. The van der Waals surface area contributed by atoms with Gasteiger partial charge < -0.3 is 18.9 Å². The van der Waals surface area contributed by atoms with E-state index in [2.05, 4.69) is 0 Å². The van der Waals surface area contributed by atoms with Crippen molar-refractivity contribution < 1.29 is 33.3 Å². The summed E-state index contributed by atoms with van der Waals surface area (Å²) in [6, 6.07) is 24.5. The number of hydrogen-bond donors (Lipinski definition) is 0. The molecule has 226 valence electrons. The summed E-state index contributed by atoms with van der Waals surface area (Å²) in [7, 11) is 0. The molecule has 0 bridgehead atoms. The summed E-state index contributed by atoms with van der Waals surface area (Å²) in [5, 5.41) is 0. The van der Waals surface area contributed by atoms with Gasteiger partial charge in [0.1, 0.15) is 24.5 Å². The van der Waals surface area contributed by atoms with Gasteiger partial charge in [0.15, 0.2) is 5.79 Å². The second-order valence-corrected chi connectivity index (χ2v) is 12.2. The standard InChI is InChI=1S/C35H34N2O7/c1-21-14-16-24(17-15-21)37-31(38)27-28(32(37)39)30(33(40)41-20-23-12-8-5-9-13-23)36(19-22-10-6-4-7-11-22)29(27)25-18-26-34(42-25)44-35(2,3)43-26/h4-18,26-30,34H,19-20H2,1-3H3/t26-,27-,28+,29-,30+,34-/m1/s1. The Morgan fingerprint density at radius 2 is 1.48 bits per heavy atom. The largest absolute Gasteiger partial charge is 0.465 e. The predicted molar refractivity (Wildman–Crippen MR) is 159 cm³/mol. The van der Waals surface area contributed by atoms with Crippen molar-refractivity contribution in [1.29, 1.82) is 0 Å². The third-order valence-corrected chi connectivity index (χ3v) is 8.72. The molecule has 0 N–H and O–H groups in total. The van der Waals surface area contributed by atoms with Crippen molar-refractivity contribution in [1.82, 2.24) is 4.90 Å². The van der Waals surface area contributed by atoms with Crippen LogP contribution in [0.4, 0.5) is 5.69 Å². The highest BCUT2D eigenvalue weighted by Gasteiger charge is 2.66. The van der Waals surface area contributed by atoms with Crippen LogP contribution in [0, 0.1) is 18.8 Å². The number of carbonyl (C=O) groups is 3. The number of carbonyl (C=O) groups excluding carboxylic acids is 3. The van der Waals surface area contributed by atoms with Crippen LogP contribution in [-0.4, -0.2) is 52.9 Å². The molecule has 0 spiro atoms. The maximum Gasteiger partial charge on any atom is 0.324 e. The zero-order chi connectivity index (χ0) is 30.6. The van der Waals surface area contributed by atoms with E-state index < -0.39 is 54.0 Å². The minimum Gasteiger partial charge on any atom is -0.465 e. The first-order valence-corrected chi connectivity index (χ1v) is 14.9. The maximum atomic E-state index is 14.3. The van der Waals surface area contributed by atoms with Crippen LogP contribution in [0.15, 0.2) is 96.8 Å². The normalized spacial score (nSPS) is 28.9. The van der Waals surface area contributed by atoms with E-state index in [0.29, 0.717) is 11.4 Å². The lowest BCUT2D eigenvalue weighted by Gasteiger charge is -2.33. The average molecular weight is 595 g/mol. The fraction of sp³-hybridized carbons (Fsp3) is 0.343. The number of anilines is 1. The smallest absolute Gasteiger partial charge is 0.324 e. The van der Waals surface area contributed by atoms with Gasteiger partial charge in [-0.1, -0.05) is 78.4 Å². The Morgan fingerprint density at radius 1 is 0.841 bits per heavy atom. The van der Waals surface area contributed by atoms with Crippen molar-refractivity contribution in [2.75, 3.05) is 4.90 Å². The minimum atomic E-state index is -1.04. The SMILES string of the molecule is Cc1ccc(N2C(=O)[C@@H]3[C@H](C2=O)[C@@H](C(=O)OCc2ccccc2)N(Cc2ccccc2)[C@@H]3C2=C[C@H]3OC(C)(C)O[C@H]3O2)cc1. The lowest BCUT2D eigenvalue weighted by molar-refractivity contribution is -0.184. The van der Waals surface area contributed by atoms with Gasteiger partial charge in [0, 0.05) is 6.54 Å². The number of nitrogens with zero attached hydrogens (tertiary/aromatic N) is 2. The zero-order valence-electron chi connectivity index (χ0n) is 24.8. The van der Waals surface area contributed by atoms with Gasteiger partial charge in [0.25, 0.3) is 0 Å². The van der Waals surface area contributed by atoms with Crippen LogP contribution >= 0.6 is 0 Å². The third kappa shape index (κ3) is 5.00. The van der Waals surface area contributed by atoms with Crippen molar-refractivity contribution >= 4 is 23.5 Å². The van der Waals surface area contributed by atoms with Gasteiger partial charge in [-0.3, -0.25) is 19.3 Å². The number of likely N-dealkylation sites (tertiary alicyclic amines) is 1. The van der Waals surface area contributed by atoms with Crippen molar-refractivity contribution in [2.24, 2.45) is 11.8 Å². The van der Waals surface area contributed by atoms with Crippen LogP contribution in [0.3, 0.4) is 0 Å². The fourth-order valence-electron chi connectivity index (χ4n) is 6.80. The number of amides is 2. The van der Waals surface area contributed by atoms with E-state index in [1.54, 1.807) is 12.1 Å². The van der Waals surface area contributed by atoms with Crippen molar-refractivity contribution in [2.45, 2.75) is 64.2 Å². The van der Waals surface area contributed by atoms with E-state index in [1.165, 1.54) is 4.90 Å². The Hall–Kier alpha value is -4.31. The van der Waals surface area contributed by atoms with Gasteiger partial charge >= 0.3 is 5.97 Å². The number of imide groups is 1. The Kier molecular flexibility index (Phi) is 7.11. The predicted octanol–water partition coefficient (Wildman–Crippen LogP) is 4.49.